The first kappa shape index (κ1) is 12.8. The Bertz CT molecular complexity index is 574. The van der Waals surface area contributed by atoms with Crippen molar-refractivity contribution in [1.82, 2.24) is 4.57 Å². The molecule has 1 atom stereocenters. The third-order valence-corrected chi connectivity index (χ3v) is 3.29. The van der Waals surface area contributed by atoms with Gasteiger partial charge in [-0.3, -0.25) is 4.79 Å². The number of para-hydroxylation sites is 1. The topological polar surface area (TPSA) is 42.2 Å². The van der Waals surface area contributed by atoms with Crippen molar-refractivity contribution in [3.63, 3.8) is 0 Å². The molecule has 1 N–H and O–H groups in total. The number of aliphatic hydroxyl groups excluding tert-OH is 1. The first-order chi connectivity index (χ1) is 8.72. The van der Waals surface area contributed by atoms with Crippen LogP contribution in [0.5, 0.6) is 0 Å². The minimum absolute atomic E-state index is 0.0275. The average molecular weight is 245 g/mol. The lowest BCUT2D eigenvalue weighted by molar-refractivity contribution is 0.156. The monoisotopic (exact) mass is 245 g/mol. The van der Waals surface area contributed by atoms with Gasteiger partial charge in [-0.25, -0.2) is 0 Å². The second kappa shape index (κ2) is 5.83. The summed E-state index contributed by atoms with van der Waals surface area (Å²) >= 11 is 0. The molecule has 2 aromatic rings. The standard InChI is InChI=1S/C15H19NO2/c1-2-13(17)7-5-11-16-14-8-4-3-6-12(14)9-10-15(16)18/h3-4,6,8-10,13,17H,2,5,7,11H2,1H3. The molecule has 0 aliphatic carbocycles. The van der Waals surface area contributed by atoms with Crippen molar-refractivity contribution in [1.29, 1.82) is 0 Å². The zero-order chi connectivity index (χ0) is 13.0. The van der Waals surface area contributed by atoms with Crippen LogP contribution in [0.3, 0.4) is 0 Å². The van der Waals surface area contributed by atoms with Crippen LogP contribution >= 0.6 is 0 Å². The van der Waals surface area contributed by atoms with Crippen LogP contribution in [-0.2, 0) is 6.54 Å². The van der Waals surface area contributed by atoms with Crippen molar-refractivity contribution in [3.8, 4) is 0 Å². The normalized spacial score (nSPS) is 12.8. The van der Waals surface area contributed by atoms with Crippen molar-refractivity contribution >= 4 is 10.9 Å². The number of fused-ring (bicyclic) bond motifs is 1. The number of aliphatic hydroxyl groups is 1. The maximum Gasteiger partial charge on any atom is 0.251 e. The summed E-state index contributed by atoms with van der Waals surface area (Å²) in [5, 5.41) is 10.6. The average Bonchev–Trinajstić information content (AvgIpc) is 2.41. The van der Waals surface area contributed by atoms with Crippen molar-refractivity contribution in [2.75, 3.05) is 0 Å². The molecule has 0 spiro atoms. The molecule has 3 heteroatoms. The molecule has 2 rings (SSSR count). The van der Waals surface area contributed by atoms with Crippen LogP contribution in [0.4, 0.5) is 0 Å². The molecule has 0 radical (unpaired) electrons. The SMILES string of the molecule is CCC(O)CCCn1c(=O)ccc2ccccc21. The van der Waals surface area contributed by atoms with E-state index in [4.69, 9.17) is 0 Å². The van der Waals surface area contributed by atoms with Crippen molar-refractivity contribution in [3.05, 3.63) is 46.8 Å². The van der Waals surface area contributed by atoms with E-state index in [1.54, 1.807) is 10.6 Å². The fourth-order valence-electron chi connectivity index (χ4n) is 2.16. The van der Waals surface area contributed by atoms with Crippen molar-refractivity contribution < 1.29 is 5.11 Å². The van der Waals surface area contributed by atoms with Crippen LogP contribution in [0.2, 0.25) is 0 Å². The van der Waals surface area contributed by atoms with Gasteiger partial charge in [-0.1, -0.05) is 25.1 Å². The molecule has 0 aliphatic rings. The minimum Gasteiger partial charge on any atom is -0.393 e. The van der Waals surface area contributed by atoms with E-state index in [0.29, 0.717) is 6.54 Å². The predicted octanol–water partition coefficient (Wildman–Crippen LogP) is 2.55. The number of rotatable bonds is 5. The van der Waals surface area contributed by atoms with Crippen LogP contribution in [-0.4, -0.2) is 15.8 Å². The smallest absolute Gasteiger partial charge is 0.251 e. The molecule has 18 heavy (non-hydrogen) atoms. The molecule has 3 nitrogen and oxygen atoms in total. The molecule has 1 aromatic carbocycles. The summed E-state index contributed by atoms with van der Waals surface area (Å²) in [4.78, 5) is 11.9. The van der Waals surface area contributed by atoms with Gasteiger partial charge in [0, 0.05) is 12.6 Å². The Kier molecular flexibility index (Phi) is 4.15. The van der Waals surface area contributed by atoms with E-state index in [9.17, 15) is 9.90 Å². The molecule has 0 saturated carbocycles. The molecular formula is C15H19NO2. The zero-order valence-corrected chi connectivity index (χ0v) is 10.7. The third-order valence-electron chi connectivity index (χ3n) is 3.29. The molecule has 0 aliphatic heterocycles. The largest absolute Gasteiger partial charge is 0.393 e. The maximum atomic E-state index is 11.9. The molecular weight excluding hydrogens is 226 g/mol. The molecule has 1 heterocycles. The second-order valence-corrected chi connectivity index (χ2v) is 4.59. The molecule has 1 aromatic heterocycles. The first-order valence-electron chi connectivity index (χ1n) is 6.49. The first-order valence-corrected chi connectivity index (χ1v) is 6.49. The Morgan fingerprint density at radius 2 is 2.00 bits per heavy atom. The summed E-state index contributed by atoms with van der Waals surface area (Å²) in [5.41, 5.74) is 0.996. The van der Waals surface area contributed by atoms with E-state index < -0.39 is 0 Å². The van der Waals surface area contributed by atoms with E-state index in [1.165, 1.54) is 0 Å². The quantitative estimate of drug-likeness (QED) is 0.879. The third kappa shape index (κ3) is 2.79. The van der Waals surface area contributed by atoms with Gasteiger partial charge in [0.05, 0.1) is 11.6 Å². The number of hydrogen-bond donors (Lipinski definition) is 1. The van der Waals surface area contributed by atoms with Gasteiger partial charge in [0.25, 0.3) is 5.56 Å². The summed E-state index contributed by atoms with van der Waals surface area (Å²) in [6, 6.07) is 11.4. The van der Waals surface area contributed by atoms with Gasteiger partial charge in [-0.2, -0.15) is 0 Å². The Morgan fingerprint density at radius 1 is 1.22 bits per heavy atom. The van der Waals surface area contributed by atoms with E-state index in [-0.39, 0.29) is 11.7 Å². The molecule has 0 fully saturated rings. The van der Waals surface area contributed by atoms with E-state index in [2.05, 4.69) is 0 Å². The van der Waals surface area contributed by atoms with Crippen LogP contribution in [0.15, 0.2) is 41.2 Å². The Balaban J connectivity index is 2.21. The van der Waals surface area contributed by atoms with Gasteiger partial charge in [0.15, 0.2) is 0 Å². The fraction of sp³-hybridized carbons (Fsp3) is 0.400. The Labute approximate surface area is 107 Å². The lowest BCUT2D eigenvalue weighted by Crippen LogP contribution is -2.20. The van der Waals surface area contributed by atoms with Gasteiger partial charge in [-0.15, -0.1) is 0 Å². The van der Waals surface area contributed by atoms with Gasteiger partial charge in [-0.05, 0) is 36.8 Å². The lowest BCUT2D eigenvalue weighted by atomic mass is 10.1. The van der Waals surface area contributed by atoms with Crippen LogP contribution in [0.1, 0.15) is 26.2 Å². The molecule has 0 saturated heterocycles. The highest BCUT2D eigenvalue weighted by atomic mass is 16.3. The predicted molar refractivity (Wildman–Crippen MR) is 73.7 cm³/mol. The number of benzene rings is 1. The fourth-order valence-corrected chi connectivity index (χ4v) is 2.16. The number of nitrogens with zero attached hydrogens (tertiary/aromatic N) is 1. The summed E-state index contributed by atoms with van der Waals surface area (Å²) in [5.74, 6) is 0. The number of hydrogen-bond acceptors (Lipinski definition) is 2. The van der Waals surface area contributed by atoms with E-state index in [1.807, 2.05) is 37.3 Å². The summed E-state index contributed by atoms with van der Waals surface area (Å²) in [6.45, 7) is 2.63. The van der Waals surface area contributed by atoms with Crippen molar-refractivity contribution in [2.45, 2.75) is 38.8 Å². The molecule has 0 bridgehead atoms. The highest BCUT2D eigenvalue weighted by molar-refractivity contribution is 5.78. The molecule has 96 valence electrons. The molecule has 0 amide bonds. The highest BCUT2D eigenvalue weighted by Crippen LogP contribution is 2.12. The summed E-state index contributed by atoms with van der Waals surface area (Å²) < 4.78 is 1.79. The second-order valence-electron chi connectivity index (χ2n) is 4.59. The van der Waals surface area contributed by atoms with Gasteiger partial charge < -0.3 is 9.67 Å². The zero-order valence-electron chi connectivity index (χ0n) is 10.7. The maximum absolute atomic E-state index is 11.9. The molecule has 1 unspecified atom stereocenters. The van der Waals surface area contributed by atoms with Crippen LogP contribution < -0.4 is 5.56 Å². The lowest BCUT2D eigenvalue weighted by Gasteiger charge is -2.11. The van der Waals surface area contributed by atoms with Crippen molar-refractivity contribution in [2.24, 2.45) is 0 Å². The van der Waals surface area contributed by atoms with Gasteiger partial charge in [0.1, 0.15) is 0 Å². The Hall–Kier alpha value is -1.61. The summed E-state index contributed by atoms with van der Waals surface area (Å²) in [6.07, 6.45) is 2.08. The minimum atomic E-state index is -0.254. The number of pyridine rings is 1. The van der Waals surface area contributed by atoms with E-state index in [0.717, 1.165) is 30.2 Å². The van der Waals surface area contributed by atoms with Crippen LogP contribution in [0.25, 0.3) is 10.9 Å². The highest BCUT2D eigenvalue weighted by Gasteiger charge is 2.04. The van der Waals surface area contributed by atoms with Gasteiger partial charge in [0.2, 0.25) is 0 Å². The van der Waals surface area contributed by atoms with Crippen LogP contribution in [0, 0.1) is 0 Å². The van der Waals surface area contributed by atoms with Gasteiger partial charge >= 0.3 is 0 Å². The number of aromatic nitrogens is 1. The Morgan fingerprint density at radius 3 is 2.78 bits per heavy atom. The summed E-state index contributed by atoms with van der Waals surface area (Å²) in [7, 11) is 0. The van der Waals surface area contributed by atoms with E-state index >= 15 is 0 Å². The number of aryl methyl sites for hydroxylation is 1.